The lowest BCUT2D eigenvalue weighted by Crippen LogP contribution is -2.39. The molecule has 0 spiro atoms. The SMILES string of the molecule is CCCCCOC(=O)c1ccccc1/C=N/N(c1nc(-c2ccccc2Cl)cs1)C1CCCC(OC(=O)c2ccccc2/C=N/N(C)c2nc(-c3ccccc3Cl)cs2)C1. The molecule has 2 heterocycles. The Labute approximate surface area is 368 Å². The molecule has 0 N–H and O–H groups in total. The maximum absolute atomic E-state index is 13.9. The highest BCUT2D eigenvalue weighted by molar-refractivity contribution is 7.14. The molecule has 1 aliphatic rings. The smallest absolute Gasteiger partial charge is 0.339 e. The number of hydrogen-bond donors (Lipinski definition) is 0. The van der Waals surface area contributed by atoms with Crippen LogP contribution in [0.4, 0.5) is 10.3 Å². The summed E-state index contributed by atoms with van der Waals surface area (Å²) in [4.78, 5) is 36.7. The Balaban J connectivity index is 1.09. The van der Waals surface area contributed by atoms with Gasteiger partial charge in [0, 0.05) is 56.5 Å². The Bertz CT molecular complexity index is 2470. The monoisotopic (exact) mass is 878 g/mol. The number of carbonyl (C=O) groups is 2. The van der Waals surface area contributed by atoms with Crippen LogP contribution in [0.5, 0.6) is 0 Å². The number of unbranched alkanes of at least 4 members (excludes halogenated alkanes) is 2. The molecule has 0 amide bonds. The number of carbonyl (C=O) groups excluding carboxylic acids is 2. The number of hydrogen-bond acceptors (Lipinski definition) is 12. The number of halogens is 2. The van der Waals surface area contributed by atoms with Crippen molar-refractivity contribution in [3.05, 3.63) is 140 Å². The van der Waals surface area contributed by atoms with Crippen molar-refractivity contribution >= 4 is 80.5 Å². The van der Waals surface area contributed by atoms with Crippen LogP contribution in [0.2, 0.25) is 10.0 Å². The highest BCUT2D eigenvalue weighted by Gasteiger charge is 2.32. The van der Waals surface area contributed by atoms with E-state index in [-0.39, 0.29) is 18.1 Å². The molecule has 10 nitrogen and oxygen atoms in total. The average Bonchev–Trinajstić information content (AvgIpc) is 3.97. The third kappa shape index (κ3) is 10.7. The summed E-state index contributed by atoms with van der Waals surface area (Å²) in [5.74, 6) is -0.820. The number of ether oxygens (including phenoxy) is 2. The van der Waals surface area contributed by atoms with E-state index >= 15 is 0 Å². The average molecular weight is 880 g/mol. The van der Waals surface area contributed by atoms with E-state index in [1.807, 2.05) is 108 Å². The molecule has 60 heavy (non-hydrogen) atoms. The predicted octanol–water partition coefficient (Wildman–Crippen LogP) is 12.1. The summed E-state index contributed by atoms with van der Waals surface area (Å²) in [7, 11) is 1.81. The Morgan fingerprint density at radius 2 is 1.32 bits per heavy atom. The van der Waals surface area contributed by atoms with Gasteiger partial charge in [0.15, 0.2) is 0 Å². The molecule has 1 aliphatic carbocycles. The van der Waals surface area contributed by atoms with E-state index in [1.54, 1.807) is 29.6 Å². The van der Waals surface area contributed by atoms with E-state index < -0.39 is 5.97 Å². The molecule has 2 unspecified atom stereocenters. The third-order valence-corrected chi connectivity index (χ3v) is 12.4. The van der Waals surface area contributed by atoms with Crippen molar-refractivity contribution in [1.29, 1.82) is 0 Å². The first-order chi connectivity index (χ1) is 29.3. The van der Waals surface area contributed by atoms with Crippen molar-refractivity contribution in [2.75, 3.05) is 23.7 Å². The second-order valence-electron chi connectivity index (χ2n) is 14.2. The molecule has 7 rings (SSSR count). The Morgan fingerprint density at radius 1 is 0.750 bits per heavy atom. The van der Waals surface area contributed by atoms with Crippen LogP contribution in [0.15, 0.2) is 118 Å². The topological polar surface area (TPSA) is 110 Å². The van der Waals surface area contributed by atoms with Gasteiger partial charge in [-0.2, -0.15) is 10.2 Å². The highest BCUT2D eigenvalue weighted by Crippen LogP contribution is 2.36. The fourth-order valence-electron chi connectivity index (χ4n) is 6.84. The molecule has 14 heteroatoms. The number of anilines is 2. The largest absolute Gasteiger partial charge is 0.462 e. The first-order valence-electron chi connectivity index (χ1n) is 19.9. The first-order valence-corrected chi connectivity index (χ1v) is 22.4. The molecule has 1 saturated carbocycles. The molecule has 1 fully saturated rings. The van der Waals surface area contributed by atoms with Crippen molar-refractivity contribution in [3.63, 3.8) is 0 Å². The molecule has 0 radical (unpaired) electrons. The summed E-state index contributed by atoms with van der Waals surface area (Å²) in [6.45, 7) is 2.47. The summed E-state index contributed by atoms with van der Waals surface area (Å²) in [6.07, 6.45) is 8.60. The summed E-state index contributed by atoms with van der Waals surface area (Å²) < 4.78 is 11.8. The highest BCUT2D eigenvalue weighted by atomic mass is 35.5. The molecule has 2 aromatic heterocycles. The number of thiazole rings is 2. The number of rotatable bonds is 16. The fourth-order valence-corrected chi connectivity index (χ4v) is 8.90. The van der Waals surface area contributed by atoms with Gasteiger partial charge in [0.25, 0.3) is 0 Å². The van der Waals surface area contributed by atoms with Gasteiger partial charge in [0.05, 0.1) is 47.6 Å². The van der Waals surface area contributed by atoms with E-state index in [2.05, 4.69) is 12.0 Å². The van der Waals surface area contributed by atoms with E-state index in [4.69, 9.17) is 47.7 Å². The Morgan fingerprint density at radius 3 is 1.97 bits per heavy atom. The summed E-state index contributed by atoms with van der Waals surface area (Å²) >= 11 is 15.9. The third-order valence-electron chi connectivity index (χ3n) is 10.0. The van der Waals surface area contributed by atoms with Gasteiger partial charge in [-0.05, 0) is 49.9 Å². The second kappa shape index (κ2) is 20.7. The zero-order valence-electron chi connectivity index (χ0n) is 33.2. The minimum Gasteiger partial charge on any atom is -0.462 e. The van der Waals surface area contributed by atoms with Crippen LogP contribution in [0, 0.1) is 0 Å². The van der Waals surface area contributed by atoms with Gasteiger partial charge < -0.3 is 9.47 Å². The Hall–Kier alpha value is -5.40. The van der Waals surface area contributed by atoms with Crippen LogP contribution in [-0.2, 0) is 9.47 Å². The van der Waals surface area contributed by atoms with E-state index in [0.717, 1.165) is 54.6 Å². The standard InChI is InChI=1S/C46H44Cl2N6O4S2/c1-3-4-13-25-57-43(55)35-19-7-5-16-32(35)28-50-54(46-52-42(30-60-46)38-22-10-12-24-40(38)48)33-17-14-18-34(26-33)58-44(56)36-20-8-6-15-31(36)27-49-53(2)45-51-41(29-59-45)37-21-9-11-23-39(37)47/h5-12,15-16,19-24,27-30,33-34H,3-4,13-14,17-18,25-26H2,1-2H3/b49-27+,50-28+. The minimum atomic E-state index is -0.433. The van der Waals surface area contributed by atoms with Crippen LogP contribution in [0.3, 0.4) is 0 Å². The van der Waals surface area contributed by atoms with Gasteiger partial charge in [-0.3, -0.25) is 0 Å². The molecule has 2 atom stereocenters. The number of esters is 2. The molecular formula is C46H44Cl2N6O4S2. The number of hydrazone groups is 2. The molecular weight excluding hydrogens is 836 g/mol. The predicted molar refractivity (Wildman–Crippen MR) is 245 cm³/mol. The maximum Gasteiger partial charge on any atom is 0.339 e. The van der Waals surface area contributed by atoms with Crippen molar-refractivity contribution in [3.8, 4) is 22.5 Å². The Kier molecular flexibility index (Phi) is 14.8. The van der Waals surface area contributed by atoms with Crippen molar-refractivity contribution in [1.82, 2.24) is 9.97 Å². The fraction of sp³-hybridized carbons (Fsp3) is 0.261. The van der Waals surface area contributed by atoms with Gasteiger partial charge in [0.1, 0.15) is 6.10 Å². The van der Waals surface area contributed by atoms with Crippen LogP contribution < -0.4 is 10.0 Å². The van der Waals surface area contributed by atoms with Crippen LogP contribution in [0.25, 0.3) is 22.5 Å². The van der Waals surface area contributed by atoms with Crippen LogP contribution >= 0.6 is 45.9 Å². The molecule has 0 aliphatic heterocycles. The number of aromatic nitrogens is 2. The normalized spacial score (nSPS) is 15.3. The van der Waals surface area contributed by atoms with Crippen molar-refractivity contribution in [2.45, 2.75) is 64.0 Å². The zero-order chi connectivity index (χ0) is 41.8. The molecule has 0 bridgehead atoms. The summed E-state index contributed by atoms with van der Waals surface area (Å²) in [5, 5.41) is 19.6. The second-order valence-corrected chi connectivity index (χ2v) is 16.7. The molecule has 6 aromatic rings. The maximum atomic E-state index is 13.9. The van der Waals surface area contributed by atoms with E-state index in [1.165, 1.54) is 22.7 Å². The van der Waals surface area contributed by atoms with Crippen molar-refractivity contribution in [2.24, 2.45) is 10.2 Å². The number of nitrogens with zero attached hydrogens (tertiary/aromatic N) is 6. The number of benzene rings is 4. The summed E-state index contributed by atoms with van der Waals surface area (Å²) in [6, 6.07) is 29.5. The zero-order valence-corrected chi connectivity index (χ0v) is 36.4. The molecule has 0 saturated heterocycles. The quantitative estimate of drug-likeness (QED) is 0.0409. The lowest BCUT2D eigenvalue weighted by molar-refractivity contribution is 0.0186. The van der Waals surface area contributed by atoms with Gasteiger partial charge in [-0.25, -0.2) is 29.6 Å². The van der Waals surface area contributed by atoms with Gasteiger partial charge in [-0.1, -0.05) is 116 Å². The van der Waals surface area contributed by atoms with Crippen molar-refractivity contribution < 1.29 is 19.1 Å². The van der Waals surface area contributed by atoms with E-state index in [0.29, 0.717) is 62.0 Å². The van der Waals surface area contributed by atoms with Gasteiger partial charge in [0.2, 0.25) is 10.3 Å². The molecule has 308 valence electrons. The lowest BCUT2D eigenvalue weighted by atomic mass is 9.92. The lowest BCUT2D eigenvalue weighted by Gasteiger charge is -2.34. The van der Waals surface area contributed by atoms with Crippen LogP contribution in [0.1, 0.15) is 83.7 Å². The molecule has 4 aromatic carbocycles. The van der Waals surface area contributed by atoms with Crippen LogP contribution in [-0.4, -0.2) is 60.1 Å². The first kappa shape index (κ1) is 42.7. The summed E-state index contributed by atoms with van der Waals surface area (Å²) in [5.41, 5.74) is 5.25. The minimum absolute atomic E-state index is 0.161. The van der Waals surface area contributed by atoms with Gasteiger partial charge in [-0.15, -0.1) is 22.7 Å². The van der Waals surface area contributed by atoms with Gasteiger partial charge >= 0.3 is 11.9 Å². The van der Waals surface area contributed by atoms with E-state index in [9.17, 15) is 9.59 Å².